The molecule has 0 radical (unpaired) electrons. The van der Waals surface area contributed by atoms with Gasteiger partial charge in [0.2, 0.25) is 0 Å². The summed E-state index contributed by atoms with van der Waals surface area (Å²) in [5.74, 6) is -0.273. The van der Waals surface area contributed by atoms with E-state index in [2.05, 4.69) is 61.5 Å². The van der Waals surface area contributed by atoms with Crippen molar-refractivity contribution in [1.82, 2.24) is 0 Å². The van der Waals surface area contributed by atoms with Crippen molar-refractivity contribution in [3.8, 4) is 0 Å². The van der Waals surface area contributed by atoms with Crippen LogP contribution in [0.2, 0.25) is 0 Å². The third-order valence-electron chi connectivity index (χ3n) is 3.79. The van der Waals surface area contributed by atoms with Gasteiger partial charge in [0.15, 0.2) is 14.7 Å². The van der Waals surface area contributed by atoms with Crippen molar-refractivity contribution in [1.29, 1.82) is 0 Å². The number of esters is 1. The summed E-state index contributed by atoms with van der Waals surface area (Å²) in [6.45, 7) is 4.30. The fourth-order valence-electron chi connectivity index (χ4n) is 2.67. The average molecular weight is 349 g/mol. The Morgan fingerprint density at radius 2 is 1.48 bits per heavy atom. The maximum Gasteiger partial charge on any atom is 0.338 e. The monoisotopic (exact) mass is 349 g/mol. The molecule has 0 saturated heterocycles. The molecule has 0 amide bonds. The van der Waals surface area contributed by atoms with Crippen LogP contribution in [0.25, 0.3) is 0 Å². The quantitative estimate of drug-likeness (QED) is 0.463. The summed E-state index contributed by atoms with van der Waals surface area (Å²) >= 11 is 0. The summed E-state index contributed by atoms with van der Waals surface area (Å²) in [5.41, 5.74) is 1.83. The first kappa shape index (κ1) is 17.3. The van der Waals surface area contributed by atoms with E-state index >= 15 is 0 Å². The Morgan fingerprint density at radius 1 is 0.840 bits per heavy atom. The molecule has 3 aromatic carbocycles. The highest BCUT2D eigenvalue weighted by Crippen LogP contribution is 2.32. The SMILES string of the molecule is CCOC(=O)c1cccc([S+](c2ccccc2)c2cccc(C)c2)c1. The maximum atomic E-state index is 12.1. The van der Waals surface area contributed by atoms with Gasteiger partial charge in [0.05, 0.1) is 23.1 Å². The molecule has 1 unspecified atom stereocenters. The molecule has 25 heavy (non-hydrogen) atoms. The van der Waals surface area contributed by atoms with Crippen molar-refractivity contribution in [2.24, 2.45) is 0 Å². The zero-order chi connectivity index (χ0) is 17.6. The number of ether oxygens (including phenoxy) is 1. The van der Waals surface area contributed by atoms with Crippen molar-refractivity contribution >= 4 is 16.9 Å². The van der Waals surface area contributed by atoms with Crippen LogP contribution in [0.1, 0.15) is 22.8 Å². The molecule has 126 valence electrons. The van der Waals surface area contributed by atoms with E-state index < -0.39 is 0 Å². The summed E-state index contributed by atoms with van der Waals surface area (Å²) in [7, 11) is -0.263. The van der Waals surface area contributed by atoms with Crippen LogP contribution in [-0.4, -0.2) is 12.6 Å². The van der Waals surface area contributed by atoms with Gasteiger partial charge in [-0.3, -0.25) is 0 Å². The lowest BCUT2D eigenvalue weighted by Crippen LogP contribution is -2.08. The van der Waals surface area contributed by atoms with Gasteiger partial charge in [0.1, 0.15) is 0 Å². The number of carbonyl (C=O) groups is 1. The standard InChI is InChI=1S/C22H21O2S/c1-3-24-22(23)18-10-8-14-21(16-18)25(19-11-5-4-6-12-19)20-13-7-9-17(2)15-20/h4-16H,3H2,1-2H3/q+1. The number of carbonyl (C=O) groups excluding carboxylic acids is 1. The molecule has 2 nitrogen and oxygen atoms in total. The minimum Gasteiger partial charge on any atom is -0.462 e. The van der Waals surface area contributed by atoms with Gasteiger partial charge < -0.3 is 4.74 Å². The third kappa shape index (κ3) is 4.12. The van der Waals surface area contributed by atoms with E-state index in [1.807, 2.05) is 31.2 Å². The Kier molecular flexibility index (Phi) is 5.56. The van der Waals surface area contributed by atoms with Gasteiger partial charge in [-0.1, -0.05) is 36.4 Å². The Balaban J connectivity index is 2.09. The molecule has 0 bridgehead atoms. The van der Waals surface area contributed by atoms with Crippen LogP contribution in [-0.2, 0) is 15.6 Å². The van der Waals surface area contributed by atoms with Crippen molar-refractivity contribution < 1.29 is 9.53 Å². The highest BCUT2D eigenvalue weighted by molar-refractivity contribution is 7.97. The third-order valence-corrected chi connectivity index (χ3v) is 5.98. The summed E-state index contributed by atoms with van der Waals surface area (Å²) < 4.78 is 5.16. The molecule has 0 aromatic heterocycles. The maximum absolute atomic E-state index is 12.1. The van der Waals surface area contributed by atoms with Crippen molar-refractivity contribution in [3.63, 3.8) is 0 Å². The Hall–Kier alpha value is -2.52. The number of rotatable bonds is 5. The normalized spacial score (nSPS) is 11.8. The fourth-order valence-corrected chi connectivity index (χ4v) is 4.90. The van der Waals surface area contributed by atoms with Crippen LogP contribution in [0, 0.1) is 6.92 Å². The van der Waals surface area contributed by atoms with E-state index in [1.165, 1.54) is 15.4 Å². The van der Waals surface area contributed by atoms with Crippen LogP contribution in [0.15, 0.2) is 93.5 Å². The van der Waals surface area contributed by atoms with Crippen LogP contribution < -0.4 is 0 Å². The molecule has 0 N–H and O–H groups in total. The molecule has 0 fully saturated rings. The first-order valence-electron chi connectivity index (χ1n) is 8.32. The molecule has 1 atom stereocenters. The van der Waals surface area contributed by atoms with Crippen LogP contribution >= 0.6 is 0 Å². The minimum absolute atomic E-state index is 0.263. The fraction of sp³-hybridized carbons (Fsp3) is 0.136. The first-order valence-corrected chi connectivity index (χ1v) is 9.54. The minimum atomic E-state index is -0.273. The molecule has 3 rings (SSSR count). The van der Waals surface area contributed by atoms with Gasteiger partial charge in [0, 0.05) is 6.07 Å². The number of aryl methyl sites for hydroxylation is 1. The molecule has 0 spiro atoms. The molecule has 3 heteroatoms. The number of benzene rings is 3. The van der Waals surface area contributed by atoms with Gasteiger partial charge in [-0.25, -0.2) is 4.79 Å². The van der Waals surface area contributed by atoms with E-state index in [-0.39, 0.29) is 16.9 Å². The molecular formula is C22H21O2S+. The second kappa shape index (κ2) is 8.04. The topological polar surface area (TPSA) is 26.3 Å². The van der Waals surface area contributed by atoms with E-state index in [0.29, 0.717) is 12.2 Å². The van der Waals surface area contributed by atoms with Crippen LogP contribution in [0.3, 0.4) is 0 Å². The highest BCUT2D eigenvalue weighted by atomic mass is 32.2. The summed E-state index contributed by atoms with van der Waals surface area (Å²) in [5, 5.41) is 0. The summed E-state index contributed by atoms with van der Waals surface area (Å²) in [4.78, 5) is 15.7. The van der Waals surface area contributed by atoms with Crippen LogP contribution in [0.5, 0.6) is 0 Å². The molecule has 3 aromatic rings. The summed E-state index contributed by atoms with van der Waals surface area (Å²) in [6.07, 6.45) is 0. The largest absolute Gasteiger partial charge is 0.462 e. The summed E-state index contributed by atoms with van der Waals surface area (Å²) in [6, 6.07) is 26.8. The van der Waals surface area contributed by atoms with Gasteiger partial charge in [-0.2, -0.15) is 0 Å². The molecule has 0 aliphatic heterocycles. The molecule has 0 aliphatic carbocycles. The number of hydrogen-bond acceptors (Lipinski definition) is 2. The second-order valence-electron chi connectivity index (χ2n) is 5.68. The predicted octanol–water partition coefficient (Wildman–Crippen LogP) is 5.27. The van der Waals surface area contributed by atoms with Gasteiger partial charge in [0.25, 0.3) is 0 Å². The van der Waals surface area contributed by atoms with E-state index in [4.69, 9.17) is 4.74 Å². The van der Waals surface area contributed by atoms with Gasteiger partial charge >= 0.3 is 5.97 Å². The predicted molar refractivity (Wildman–Crippen MR) is 102 cm³/mol. The lowest BCUT2D eigenvalue weighted by atomic mass is 10.2. The molecule has 0 saturated carbocycles. The highest BCUT2D eigenvalue weighted by Gasteiger charge is 2.29. The smallest absolute Gasteiger partial charge is 0.338 e. The molecular weight excluding hydrogens is 328 g/mol. The number of hydrogen-bond donors (Lipinski definition) is 0. The average Bonchev–Trinajstić information content (AvgIpc) is 2.63. The van der Waals surface area contributed by atoms with Crippen LogP contribution in [0.4, 0.5) is 0 Å². The zero-order valence-electron chi connectivity index (χ0n) is 14.4. The zero-order valence-corrected chi connectivity index (χ0v) is 15.3. The van der Waals surface area contributed by atoms with Crippen molar-refractivity contribution in [2.45, 2.75) is 28.5 Å². The Bertz CT molecular complexity index is 859. The van der Waals surface area contributed by atoms with E-state index in [0.717, 1.165) is 4.90 Å². The Morgan fingerprint density at radius 3 is 2.16 bits per heavy atom. The molecule has 0 heterocycles. The van der Waals surface area contributed by atoms with Gasteiger partial charge in [-0.05, 0) is 55.8 Å². The molecule has 0 aliphatic rings. The van der Waals surface area contributed by atoms with E-state index in [9.17, 15) is 4.79 Å². The Labute approximate surface area is 151 Å². The lowest BCUT2D eigenvalue weighted by molar-refractivity contribution is 0.0526. The first-order chi connectivity index (χ1) is 12.2. The lowest BCUT2D eigenvalue weighted by Gasteiger charge is -2.09. The van der Waals surface area contributed by atoms with Crippen molar-refractivity contribution in [2.75, 3.05) is 6.61 Å². The van der Waals surface area contributed by atoms with Crippen molar-refractivity contribution in [3.05, 3.63) is 90.0 Å². The van der Waals surface area contributed by atoms with E-state index in [1.54, 1.807) is 0 Å². The second-order valence-corrected chi connectivity index (χ2v) is 7.71. The van der Waals surface area contributed by atoms with Gasteiger partial charge in [-0.15, -0.1) is 0 Å².